The molecule has 142 valence electrons. The van der Waals surface area contributed by atoms with Crippen LogP contribution < -0.4 is 4.90 Å². The number of aromatic nitrogens is 1. The normalized spacial score (nSPS) is 16.2. The minimum absolute atomic E-state index is 0.180. The van der Waals surface area contributed by atoms with Crippen molar-refractivity contribution in [2.24, 2.45) is 0 Å². The first-order valence-electron chi connectivity index (χ1n) is 8.69. The molecule has 0 radical (unpaired) electrons. The molecule has 1 aromatic heterocycles. The van der Waals surface area contributed by atoms with Crippen molar-refractivity contribution in [2.45, 2.75) is 19.9 Å². The lowest BCUT2D eigenvalue weighted by Gasteiger charge is -2.16. The maximum Gasteiger partial charge on any atom is 0.270 e. The first kappa shape index (κ1) is 19.5. The average molecular weight is 447 g/mol. The highest BCUT2D eigenvalue weighted by atomic mass is 35.5. The molecule has 0 spiro atoms. The van der Waals surface area contributed by atoms with E-state index >= 15 is 0 Å². The molecule has 28 heavy (non-hydrogen) atoms. The van der Waals surface area contributed by atoms with Crippen molar-refractivity contribution < 1.29 is 4.79 Å². The second-order valence-corrected chi connectivity index (χ2v) is 9.23. The van der Waals surface area contributed by atoms with Gasteiger partial charge in [-0.05, 0) is 44.2 Å². The highest BCUT2D eigenvalue weighted by Gasteiger charge is 2.34. The first-order chi connectivity index (χ1) is 13.4. The lowest BCUT2D eigenvalue weighted by atomic mass is 10.1. The second kappa shape index (κ2) is 7.56. The van der Waals surface area contributed by atoms with Gasteiger partial charge >= 0.3 is 0 Å². The number of thioether (sulfide) groups is 1. The summed E-state index contributed by atoms with van der Waals surface area (Å²) >= 11 is 19.0. The van der Waals surface area contributed by atoms with Crippen LogP contribution in [0.5, 0.6) is 0 Å². The van der Waals surface area contributed by atoms with Crippen molar-refractivity contribution in [2.75, 3.05) is 4.90 Å². The minimum atomic E-state index is -0.180. The quantitative estimate of drug-likeness (QED) is 0.321. The molecule has 0 unspecified atom stereocenters. The standard InChI is InChI=1S/C21H16Cl2N2OS2/c1-12(2)24-11-13(15-5-3-4-6-17(15)24)9-19-20(26)25(21(27)28-19)18-8-7-14(22)10-16(18)23/h3-12H,1-2H3/b19-9-. The zero-order chi connectivity index (χ0) is 20.0. The lowest BCUT2D eigenvalue weighted by molar-refractivity contribution is -0.113. The Morgan fingerprint density at radius 1 is 1.14 bits per heavy atom. The number of para-hydroxylation sites is 1. The molecule has 1 aliphatic heterocycles. The zero-order valence-electron chi connectivity index (χ0n) is 15.1. The van der Waals surface area contributed by atoms with Gasteiger partial charge in [-0.3, -0.25) is 9.69 Å². The fourth-order valence-corrected chi connectivity index (χ4v) is 5.02. The molecule has 0 bridgehead atoms. The van der Waals surface area contributed by atoms with E-state index in [1.165, 1.54) is 16.7 Å². The molecule has 3 aromatic rings. The molecular formula is C21H16Cl2N2OS2. The van der Waals surface area contributed by atoms with Gasteiger partial charge in [-0.15, -0.1) is 0 Å². The Morgan fingerprint density at radius 3 is 2.61 bits per heavy atom. The van der Waals surface area contributed by atoms with E-state index in [0.29, 0.717) is 31.0 Å². The molecule has 2 heterocycles. The summed E-state index contributed by atoms with van der Waals surface area (Å²) in [4.78, 5) is 15.1. The number of amides is 1. The summed E-state index contributed by atoms with van der Waals surface area (Å²) in [7, 11) is 0. The van der Waals surface area contributed by atoms with Crippen LogP contribution in [0.15, 0.2) is 53.6 Å². The van der Waals surface area contributed by atoms with E-state index < -0.39 is 0 Å². The van der Waals surface area contributed by atoms with Crippen LogP contribution in [0.3, 0.4) is 0 Å². The number of hydrogen-bond acceptors (Lipinski definition) is 3. The van der Waals surface area contributed by atoms with E-state index in [1.54, 1.807) is 18.2 Å². The van der Waals surface area contributed by atoms with Crippen LogP contribution in [0.2, 0.25) is 10.0 Å². The number of benzene rings is 2. The number of nitrogens with zero attached hydrogens (tertiary/aromatic N) is 2. The summed E-state index contributed by atoms with van der Waals surface area (Å²) in [5.41, 5.74) is 2.67. The zero-order valence-corrected chi connectivity index (χ0v) is 18.3. The summed E-state index contributed by atoms with van der Waals surface area (Å²) in [6, 6.07) is 13.5. The summed E-state index contributed by atoms with van der Waals surface area (Å²) < 4.78 is 2.66. The SMILES string of the molecule is CC(C)n1cc(/C=C2\SC(=S)N(c3ccc(Cl)cc3Cl)C2=O)c2ccccc21. The molecule has 1 fully saturated rings. The summed E-state index contributed by atoms with van der Waals surface area (Å²) in [6.45, 7) is 4.27. The van der Waals surface area contributed by atoms with Gasteiger partial charge < -0.3 is 4.57 Å². The number of halogens is 2. The Balaban J connectivity index is 1.77. The van der Waals surface area contributed by atoms with Crippen molar-refractivity contribution in [3.8, 4) is 0 Å². The molecule has 0 atom stereocenters. The van der Waals surface area contributed by atoms with Gasteiger partial charge in [0.05, 0.1) is 15.6 Å². The van der Waals surface area contributed by atoms with Crippen LogP contribution in [0.25, 0.3) is 17.0 Å². The first-order valence-corrected chi connectivity index (χ1v) is 10.7. The van der Waals surface area contributed by atoms with Gasteiger partial charge in [0.1, 0.15) is 0 Å². The maximum atomic E-state index is 13.1. The number of fused-ring (bicyclic) bond motifs is 1. The van der Waals surface area contributed by atoms with Crippen molar-refractivity contribution in [1.82, 2.24) is 4.57 Å². The lowest BCUT2D eigenvalue weighted by Crippen LogP contribution is -2.27. The highest BCUT2D eigenvalue weighted by molar-refractivity contribution is 8.27. The number of carbonyl (C=O) groups is 1. The number of anilines is 1. The van der Waals surface area contributed by atoms with Crippen LogP contribution in [-0.2, 0) is 4.79 Å². The summed E-state index contributed by atoms with van der Waals surface area (Å²) in [5, 5.41) is 2.00. The Bertz CT molecular complexity index is 1150. The highest BCUT2D eigenvalue weighted by Crippen LogP contribution is 2.40. The fourth-order valence-electron chi connectivity index (χ4n) is 3.25. The van der Waals surface area contributed by atoms with E-state index in [0.717, 1.165) is 16.5 Å². The van der Waals surface area contributed by atoms with E-state index in [1.807, 2.05) is 18.2 Å². The van der Waals surface area contributed by atoms with Crippen LogP contribution >= 0.6 is 47.2 Å². The third-order valence-corrected chi connectivity index (χ3v) is 6.40. The Labute approximate surface area is 182 Å². The van der Waals surface area contributed by atoms with Gasteiger partial charge in [0.25, 0.3) is 5.91 Å². The Kier molecular flexibility index (Phi) is 5.27. The van der Waals surface area contributed by atoms with E-state index in [2.05, 4.69) is 36.7 Å². The predicted octanol–water partition coefficient (Wildman–Crippen LogP) is 6.93. The molecule has 4 rings (SSSR count). The molecule has 0 aliphatic carbocycles. The van der Waals surface area contributed by atoms with Gasteiger partial charge in [0.2, 0.25) is 0 Å². The van der Waals surface area contributed by atoms with Crippen molar-refractivity contribution in [3.05, 3.63) is 69.2 Å². The van der Waals surface area contributed by atoms with E-state index in [9.17, 15) is 4.79 Å². The van der Waals surface area contributed by atoms with Crippen LogP contribution in [-0.4, -0.2) is 14.8 Å². The molecule has 3 nitrogen and oxygen atoms in total. The van der Waals surface area contributed by atoms with E-state index in [4.69, 9.17) is 35.4 Å². The summed E-state index contributed by atoms with van der Waals surface area (Å²) in [6.07, 6.45) is 3.99. The monoisotopic (exact) mass is 446 g/mol. The fraction of sp³-hybridized carbons (Fsp3) is 0.143. The van der Waals surface area contributed by atoms with Crippen LogP contribution in [0, 0.1) is 0 Å². The third kappa shape index (κ3) is 3.37. The topological polar surface area (TPSA) is 25.2 Å². The van der Waals surface area contributed by atoms with Crippen LogP contribution in [0.4, 0.5) is 5.69 Å². The Morgan fingerprint density at radius 2 is 1.89 bits per heavy atom. The third-order valence-electron chi connectivity index (χ3n) is 4.56. The number of thiocarbonyl (C=S) groups is 1. The van der Waals surface area contributed by atoms with Gasteiger partial charge in [0, 0.05) is 33.7 Å². The number of carbonyl (C=O) groups excluding carboxylic acids is 1. The van der Waals surface area contributed by atoms with Gasteiger partial charge in [-0.2, -0.15) is 0 Å². The Hall–Kier alpha value is -1.79. The maximum absolute atomic E-state index is 13.1. The smallest absolute Gasteiger partial charge is 0.270 e. The second-order valence-electron chi connectivity index (χ2n) is 6.72. The molecule has 7 heteroatoms. The molecule has 0 N–H and O–H groups in total. The van der Waals surface area contributed by atoms with Crippen molar-refractivity contribution in [1.29, 1.82) is 0 Å². The van der Waals surface area contributed by atoms with Gasteiger partial charge in [0.15, 0.2) is 4.32 Å². The molecule has 1 aliphatic rings. The minimum Gasteiger partial charge on any atom is -0.344 e. The largest absolute Gasteiger partial charge is 0.344 e. The van der Waals surface area contributed by atoms with Gasteiger partial charge in [-0.1, -0.05) is 65.4 Å². The number of rotatable bonds is 3. The average Bonchev–Trinajstić information content (AvgIpc) is 3.14. The molecule has 0 saturated carbocycles. The van der Waals surface area contributed by atoms with Crippen LogP contribution in [0.1, 0.15) is 25.5 Å². The summed E-state index contributed by atoms with van der Waals surface area (Å²) in [5.74, 6) is -0.180. The number of hydrogen-bond donors (Lipinski definition) is 0. The van der Waals surface area contributed by atoms with E-state index in [-0.39, 0.29) is 5.91 Å². The van der Waals surface area contributed by atoms with Gasteiger partial charge in [-0.25, -0.2) is 0 Å². The molecule has 2 aromatic carbocycles. The predicted molar refractivity (Wildman–Crippen MR) is 124 cm³/mol. The molecular weight excluding hydrogens is 431 g/mol. The van der Waals surface area contributed by atoms with Crippen molar-refractivity contribution in [3.63, 3.8) is 0 Å². The molecule has 1 amide bonds. The van der Waals surface area contributed by atoms with Crippen molar-refractivity contribution >= 4 is 80.1 Å². The molecule has 1 saturated heterocycles.